The SMILES string of the molecule is CCc1ccc(NC(N)=NCCc2ccc(C)cc2)cc1. The Bertz CT molecular complexity index is 583. The predicted molar refractivity (Wildman–Crippen MR) is 90.8 cm³/mol. The second-order valence-corrected chi connectivity index (χ2v) is 5.18. The average Bonchev–Trinajstić information content (AvgIpc) is 2.50. The van der Waals surface area contributed by atoms with Crippen LogP contribution in [0, 0.1) is 6.92 Å². The average molecular weight is 281 g/mol. The number of benzene rings is 2. The number of nitrogens with zero attached hydrogens (tertiary/aromatic N) is 1. The molecule has 0 aliphatic carbocycles. The third kappa shape index (κ3) is 4.95. The minimum atomic E-state index is 0.464. The molecule has 0 amide bonds. The standard InChI is InChI=1S/C18H23N3/c1-3-15-8-10-17(11-9-15)21-18(19)20-13-12-16-6-4-14(2)5-7-16/h4-11H,3,12-13H2,1-2H3,(H3,19,20,21). The summed E-state index contributed by atoms with van der Waals surface area (Å²) in [6, 6.07) is 16.8. The molecule has 0 aliphatic heterocycles. The second-order valence-electron chi connectivity index (χ2n) is 5.18. The van der Waals surface area contributed by atoms with Gasteiger partial charge in [-0.25, -0.2) is 0 Å². The van der Waals surface area contributed by atoms with Gasteiger partial charge in [0.05, 0.1) is 0 Å². The molecule has 0 radical (unpaired) electrons. The molecule has 0 aliphatic rings. The summed E-state index contributed by atoms with van der Waals surface area (Å²) in [5.41, 5.74) is 10.8. The summed E-state index contributed by atoms with van der Waals surface area (Å²) in [7, 11) is 0. The highest BCUT2D eigenvalue weighted by Gasteiger charge is 1.96. The number of hydrogen-bond acceptors (Lipinski definition) is 1. The molecule has 0 heterocycles. The van der Waals surface area contributed by atoms with E-state index in [1.54, 1.807) is 0 Å². The van der Waals surface area contributed by atoms with Gasteiger partial charge in [-0.3, -0.25) is 4.99 Å². The Balaban J connectivity index is 1.84. The summed E-state index contributed by atoms with van der Waals surface area (Å²) >= 11 is 0. The number of aryl methyl sites for hydroxylation is 2. The topological polar surface area (TPSA) is 50.4 Å². The lowest BCUT2D eigenvalue weighted by Crippen LogP contribution is -2.23. The fourth-order valence-electron chi connectivity index (χ4n) is 2.07. The third-order valence-corrected chi connectivity index (χ3v) is 3.44. The van der Waals surface area contributed by atoms with E-state index in [2.05, 4.69) is 60.6 Å². The monoisotopic (exact) mass is 281 g/mol. The predicted octanol–water partition coefficient (Wildman–Crippen LogP) is 3.53. The van der Waals surface area contributed by atoms with E-state index >= 15 is 0 Å². The van der Waals surface area contributed by atoms with Crippen molar-refractivity contribution < 1.29 is 0 Å². The van der Waals surface area contributed by atoms with E-state index in [9.17, 15) is 0 Å². The van der Waals surface area contributed by atoms with Crippen molar-refractivity contribution in [2.75, 3.05) is 11.9 Å². The van der Waals surface area contributed by atoms with Gasteiger partial charge in [0.25, 0.3) is 0 Å². The molecule has 3 nitrogen and oxygen atoms in total. The van der Waals surface area contributed by atoms with E-state index in [4.69, 9.17) is 5.73 Å². The van der Waals surface area contributed by atoms with Crippen LogP contribution in [0.3, 0.4) is 0 Å². The zero-order valence-corrected chi connectivity index (χ0v) is 12.8. The maximum Gasteiger partial charge on any atom is 0.193 e. The van der Waals surface area contributed by atoms with E-state index < -0.39 is 0 Å². The van der Waals surface area contributed by atoms with Crippen LogP contribution < -0.4 is 11.1 Å². The number of nitrogens with two attached hydrogens (primary N) is 1. The van der Waals surface area contributed by atoms with Crippen LogP contribution in [0.15, 0.2) is 53.5 Å². The van der Waals surface area contributed by atoms with E-state index in [-0.39, 0.29) is 0 Å². The minimum absolute atomic E-state index is 0.464. The highest BCUT2D eigenvalue weighted by atomic mass is 15.1. The van der Waals surface area contributed by atoms with Gasteiger partial charge in [-0.1, -0.05) is 48.9 Å². The lowest BCUT2D eigenvalue weighted by Gasteiger charge is -2.06. The molecule has 2 aromatic carbocycles. The molecule has 0 saturated carbocycles. The lowest BCUT2D eigenvalue weighted by molar-refractivity contribution is 0.964. The molecular formula is C18H23N3. The highest BCUT2D eigenvalue weighted by molar-refractivity contribution is 5.92. The zero-order chi connectivity index (χ0) is 15.1. The summed E-state index contributed by atoms with van der Waals surface area (Å²) in [4.78, 5) is 4.36. The molecule has 21 heavy (non-hydrogen) atoms. The number of aliphatic imine (C=N–C) groups is 1. The molecule has 0 spiro atoms. The van der Waals surface area contributed by atoms with Gasteiger partial charge < -0.3 is 11.1 Å². The van der Waals surface area contributed by atoms with Crippen LogP contribution in [-0.2, 0) is 12.8 Å². The number of rotatable bonds is 5. The van der Waals surface area contributed by atoms with Crippen molar-refractivity contribution in [3.63, 3.8) is 0 Å². The molecule has 110 valence electrons. The molecule has 3 heteroatoms. The third-order valence-electron chi connectivity index (χ3n) is 3.44. The van der Waals surface area contributed by atoms with Gasteiger partial charge in [0.1, 0.15) is 0 Å². The van der Waals surface area contributed by atoms with E-state index in [1.165, 1.54) is 16.7 Å². The Morgan fingerprint density at radius 2 is 1.62 bits per heavy atom. The van der Waals surface area contributed by atoms with Crippen molar-refractivity contribution in [1.29, 1.82) is 0 Å². The summed E-state index contributed by atoms with van der Waals surface area (Å²) < 4.78 is 0. The first-order valence-corrected chi connectivity index (χ1v) is 7.39. The molecule has 3 N–H and O–H groups in total. The Morgan fingerprint density at radius 3 is 2.24 bits per heavy atom. The second kappa shape index (κ2) is 7.48. The van der Waals surface area contributed by atoms with Crippen LogP contribution in [0.1, 0.15) is 23.6 Å². The van der Waals surface area contributed by atoms with Gasteiger partial charge in [0, 0.05) is 12.2 Å². The number of nitrogens with one attached hydrogen (secondary N) is 1. The minimum Gasteiger partial charge on any atom is -0.370 e. The molecular weight excluding hydrogens is 258 g/mol. The zero-order valence-electron chi connectivity index (χ0n) is 12.8. The fraction of sp³-hybridized carbons (Fsp3) is 0.278. The molecule has 2 rings (SSSR count). The van der Waals surface area contributed by atoms with Gasteiger partial charge in [0.2, 0.25) is 0 Å². The summed E-state index contributed by atoms with van der Waals surface area (Å²) in [5.74, 6) is 0.464. The van der Waals surface area contributed by atoms with Crippen molar-refractivity contribution in [2.24, 2.45) is 10.7 Å². The maximum absolute atomic E-state index is 5.90. The van der Waals surface area contributed by atoms with Crippen molar-refractivity contribution in [1.82, 2.24) is 0 Å². The van der Waals surface area contributed by atoms with Crippen LogP contribution >= 0.6 is 0 Å². The van der Waals surface area contributed by atoms with Gasteiger partial charge in [0.15, 0.2) is 5.96 Å². The van der Waals surface area contributed by atoms with E-state index in [0.717, 1.165) is 18.5 Å². The van der Waals surface area contributed by atoms with Crippen LogP contribution in [0.2, 0.25) is 0 Å². The largest absolute Gasteiger partial charge is 0.370 e. The molecule has 0 fully saturated rings. The number of guanidine groups is 1. The highest BCUT2D eigenvalue weighted by Crippen LogP contribution is 2.09. The molecule has 0 saturated heterocycles. The molecule has 0 aromatic heterocycles. The Morgan fingerprint density at radius 1 is 1.00 bits per heavy atom. The normalized spacial score (nSPS) is 11.4. The van der Waals surface area contributed by atoms with Crippen LogP contribution in [0.4, 0.5) is 5.69 Å². The number of hydrogen-bond donors (Lipinski definition) is 2. The Labute approximate surface area is 126 Å². The Hall–Kier alpha value is -2.29. The molecule has 2 aromatic rings. The van der Waals surface area contributed by atoms with E-state index in [1.807, 2.05) is 12.1 Å². The smallest absolute Gasteiger partial charge is 0.193 e. The van der Waals surface area contributed by atoms with Crippen molar-refractivity contribution in [3.8, 4) is 0 Å². The molecule has 0 unspecified atom stereocenters. The fourth-order valence-corrected chi connectivity index (χ4v) is 2.07. The quantitative estimate of drug-likeness (QED) is 0.650. The first-order chi connectivity index (χ1) is 10.2. The Kier molecular flexibility index (Phi) is 5.38. The molecule has 0 atom stereocenters. The lowest BCUT2D eigenvalue weighted by atomic mass is 10.1. The van der Waals surface area contributed by atoms with Crippen LogP contribution in [0.5, 0.6) is 0 Å². The first kappa shape index (κ1) is 15.1. The van der Waals surface area contributed by atoms with Crippen molar-refractivity contribution in [3.05, 3.63) is 65.2 Å². The molecule has 0 bridgehead atoms. The number of anilines is 1. The van der Waals surface area contributed by atoms with E-state index in [0.29, 0.717) is 12.5 Å². The first-order valence-electron chi connectivity index (χ1n) is 7.39. The van der Waals surface area contributed by atoms with Gasteiger partial charge >= 0.3 is 0 Å². The van der Waals surface area contributed by atoms with Gasteiger partial charge in [-0.05, 0) is 43.0 Å². The summed E-state index contributed by atoms with van der Waals surface area (Å²) in [6.45, 7) is 4.92. The summed E-state index contributed by atoms with van der Waals surface area (Å²) in [5, 5.41) is 3.12. The van der Waals surface area contributed by atoms with Gasteiger partial charge in [-0.15, -0.1) is 0 Å². The maximum atomic E-state index is 5.90. The van der Waals surface area contributed by atoms with Crippen LogP contribution in [-0.4, -0.2) is 12.5 Å². The summed E-state index contributed by atoms with van der Waals surface area (Å²) in [6.07, 6.45) is 1.94. The van der Waals surface area contributed by atoms with Crippen molar-refractivity contribution >= 4 is 11.6 Å². The van der Waals surface area contributed by atoms with Crippen LogP contribution in [0.25, 0.3) is 0 Å². The van der Waals surface area contributed by atoms with Gasteiger partial charge in [-0.2, -0.15) is 0 Å². The van der Waals surface area contributed by atoms with Crippen molar-refractivity contribution in [2.45, 2.75) is 26.7 Å².